The van der Waals surface area contributed by atoms with Gasteiger partial charge in [0.05, 0.1) is 11.1 Å². The van der Waals surface area contributed by atoms with Crippen molar-refractivity contribution in [2.75, 3.05) is 24.1 Å². The van der Waals surface area contributed by atoms with Crippen LogP contribution in [-0.2, 0) is 4.79 Å². The third-order valence-electron chi connectivity index (χ3n) is 4.79. The number of nitrogen functional groups attached to an aromatic ring is 1. The van der Waals surface area contributed by atoms with Crippen LogP contribution in [0.2, 0.25) is 0 Å². The molecule has 142 valence electrons. The van der Waals surface area contributed by atoms with Crippen LogP contribution in [0.1, 0.15) is 42.1 Å². The van der Waals surface area contributed by atoms with Crippen LogP contribution in [-0.4, -0.2) is 40.7 Å². The summed E-state index contributed by atoms with van der Waals surface area (Å²) in [6, 6.07) is 9.22. The fourth-order valence-electron chi connectivity index (χ4n) is 3.24. The van der Waals surface area contributed by atoms with Crippen LogP contribution in [0.5, 0.6) is 0 Å². The summed E-state index contributed by atoms with van der Waals surface area (Å²) in [5.41, 5.74) is 6.09. The number of pyridine rings is 1. The van der Waals surface area contributed by atoms with Crippen LogP contribution in [0.4, 0.5) is 16.0 Å². The standard InChI is InChI=1S/C20H23FN4O2/c1-2-18(26)25-11-9-13(10-12-25)23-17-8-7-15(20(22)24-17)19(27)14-5-3-4-6-16(14)21/h3-8,13H,2,9-12H2,1H3,(H3,22,23,24). The Hall–Kier alpha value is -2.96. The van der Waals surface area contributed by atoms with E-state index in [0.29, 0.717) is 25.3 Å². The van der Waals surface area contributed by atoms with Crippen molar-refractivity contribution >= 4 is 23.3 Å². The van der Waals surface area contributed by atoms with Crippen molar-refractivity contribution in [3.8, 4) is 0 Å². The number of hydrogen-bond acceptors (Lipinski definition) is 5. The average molecular weight is 370 g/mol. The average Bonchev–Trinajstić information content (AvgIpc) is 2.68. The van der Waals surface area contributed by atoms with Gasteiger partial charge in [0.1, 0.15) is 17.5 Å². The Bertz CT molecular complexity index is 848. The summed E-state index contributed by atoms with van der Waals surface area (Å²) in [6.45, 7) is 3.29. The lowest BCUT2D eigenvalue weighted by molar-refractivity contribution is -0.131. The van der Waals surface area contributed by atoms with Gasteiger partial charge in [0.2, 0.25) is 5.91 Å². The van der Waals surface area contributed by atoms with E-state index in [1.807, 2.05) is 11.8 Å². The molecule has 3 N–H and O–H groups in total. The number of rotatable bonds is 5. The molecule has 7 heteroatoms. The van der Waals surface area contributed by atoms with Gasteiger partial charge in [-0.3, -0.25) is 9.59 Å². The summed E-state index contributed by atoms with van der Waals surface area (Å²) in [6.07, 6.45) is 2.17. The number of halogens is 1. The first kappa shape index (κ1) is 18.8. The quantitative estimate of drug-likeness (QED) is 0.790. The van der Waals surface area contributed by atoms with Gasteiger partial charge in [-0.05, 0) is 37.1 Å². The number of carbonyl (C=O) groups is 2. The maximum Gasteiger partial charge on any atom is 0.222 e. The minimum atomic E-state index is -0.586. The summed E-state index contributed by atoms with van der Waals surface area (Å²) in [5.74, 6) is -0.273. The highest BCUT2D eigenvalue weighted by atomic mass is 19.1. The number of piperidine rings is 1. The van der Waals surface area contributed by atoms with Crippen molar-refractivity contribution in [3.63, 3.8) is 0 Å². The molecule has 2 heterocycles. The number of ketones is 1. The minimum absolute atomic E-state index is 0.0281. The SMILES string of the molecule is CCC(=O)N1CCC(Nc2ccc(C(=O)c3ccccc3F)c(N)n2)CC1. The Morgan fingerprint density at radius 3 is 2.52 bits per heavy atom. The first-order valence-electron chi connectivity index (χ1n) is 9.09. The van der Waals surface area contributed by atoms with Crippen LogP contribution < -0.4 is 11.1 Å². The summed E-state index contributed by atoms with van der Waals surface area (Å²) < 4.78 is 13.8. The maximum atomic E-state index is 13.8. The van der Waals surface area contributed by atoms with E-state index in [1.165, 1.54) is 18.2 Å². The molecule has 1 aliphatic heterocycles. The Kier molecular flexibility index (Phi) is 5.69. The van der Waals surface area contributed by atoms with Crippen molar-refractivity contribution in [1.29, 1.82) is 0 Å². The van der Waals surface area contributed by atoms with Crippen LogP contribution in [0.15, 0.2) is 36.4 Å². The number of amides is 1. The highest BCUT2D eigenvalue weighted by molar-refractivity contribution is 6.11. The van der Waals surface area contributed by atoms with Gasteiger partial charge in [0, 0.05) is 25.6 Å². The van der Waals surface area contributed by atoms with Gasteiger partial charge in [0.15, 0.2) is 5.78 Å². The number of carbonyl (C=O) groups excluding carboxylic acids is 2. The molecule has 3 rings (SSSR count). The number of nitrogens with two attached hydrogens (primary N) is 1. The lowest BCUT2D eigenvalue weighted by Crippen LogP contribution is -2.42. The molecule has 6 nitrogen and oxygen atoms in total. The summed E-state index contributed by atoms with van der Waals surface area (Å²) in [5, 5.41) is 3.30. The summed E-state index contributed by atoms with van der Waals surface area (Å²) >= 11 is 0. The third-order valence-corrected chi connectivity index (χ3v) is 4.79. The minimum Gasteiger partial charge on any atom is -0.383 e. The van der Waals surface area contributed by atoms with Crippen LogP contribution in [0.25, 0.3) is 0 Å². The number of nitrogens with zero attached hydrogens (tertiary/aromatic N) is 2. The molecule has 1 aromatic carbocycles. The molecule has 0 radical (unpaired) electrons. The van der Waals surface area contributed by atoms with Crippen LogP contribution >= 0.6 is 0 Å². The van der Waals surface area contributed by atoms with Crippen molar-refractivity contribution in [3.05, 3.63) is 53.3 Å². The van der Waals surface area contributed by atoms with Crippen molar-refractivity contribution < 1.29 is 14.0 Å². The number of likely N-dealkylation sites (tertiary alicyclic amines) is 1. The molecular weight excluding hydrogens is 347 g/mol. The van der Waals surface area contributed by atoms with Gasteiger partial charge in [-0.25, -0.2) is 9.37 Å². The molecule has 1 fully saturated rings. The number of anilines is 2. The Balaban J connectivity index is 1.66. The molecule has 1 saturated heterocycles. The Morgan fingerprint density at radius 1 is 1.19 bits per heavy atom. The van der Waals surface area contributed by atoms with Crippen molar-refractivity contribution in [2.45, 2.75) is 32.2 Å². The van der Waals surface area contributed by atoms with Gasteiger partial charge in [0.25, 0.3) is 0 Å². The molecule has 0 spiro atoms. The van der Waals surface area contributed by atoms with E-state index >= 15 is 0 Å². The molecule has 2 aromatic rings. The molecule has 0 saturated carbocycles. The molecule has 1 aliphatic rings. The fraction of sp³-hybridized carbons (Fsp3) is 0.350. The van der Waals surface area contributed by atoms with E-state index in [9.17, 15) is 14.0 Å². The zero-order valence-corrected chi connectivity index (χ0v) is 15.2. The molecule has 0 unspecified atom stereocenters. The first-order valence-corrected chi connectivity index (χ1v) is 9.09. The van der Waals surface area contributed by atoms with Gasteiger partial charge in [-0.2, -0.15) is 0 Å². The van der Waals surface area contributed by atoms with E-state index < -0.39 is 11.6 Å². The fourth-order valence-corrected chi connectivity index (χ4v) is 3.24. The van der Waals surface area contributed by atoms with E-state index in [1.54, 1.807) is 18.2 Å². The monoisotopic (exact) mass is 370 g/mol. The highest BCUT2D eigenvalue weighted by Gasteiger charge is 2.22. The van der Waals surface area contributed by atoms with Crippen molar-refractivity contribution in [1.82, 2.24) is 9.88 Å². The second-order valence-corrected chi connectivity index (χ2v) is 6.59. The summed E-state index contributed by atoms with van der Waals surface area (Å²) in [4.78, 5) is 30.4. The zero-order chi connectivity index (χ0) is 19.4. The Morgan fingerprint density at radius 2 is 1.89 bits per heavy atom. The smallest absolute Gasteiger partial charge is 0.222 e. The van der Waals surface area contributed by atoms with E-state index in [4.69, 9.17) is 5.73 Å². The second-order valence-electron chi connectivity index (χ2n) is 6.59. The topological polar surface area (TPSA) is 88.3 Å². The summed E-state index contributed by atoms with van der Waals surface area (Å²) in [7, 11) is 0. The lowest BCUT2D eigenvalue weighted by Gasteiger charge is -2.32. The predicted octanol–water partition coefficient (Wildman–Crippen LogP) is 2.85. The number of hydrogen-bond donors (Lipinski definition) is 2. The highest BCUT2D eigenvalue weighted by Crippen LogP contribution is 2.21. The Labute approximate surface area is 157 Å². The molecule has 27 heavy (non-hydrogen) atoms. The molecular formula is C20H23FN4O2. The van der Waals surface area contributed by atoms with Gasteiger partial charge < -0.3 is 16.0 Å². The van der Waals surface area contributed by atoms with Crippen LogP contribution in [0.3, 0.4) is 0 Å². The van der Waals surface area contributed by atoms with Crippen LogP contribution in [0, 0.1) is 5.82 Å². The van der Waals surface area contributed by atoms with Gasteiger partial charge in [-0.15, -0.1) is 0 Å². The van der Waals surface area contributed by atoms with Crippen molar-refractivity contribution in [2.24, 2.45) is 0 Å². The number of aromatic nitrogens is 1. The predicted molar refractivity (Wildman–Crippen MR) is 102 cm³/mol. The van der Waals surface area contributed by atoms with E-state index in [-0.39, 0.29) is 28.9 Å². The second kappa shape index (κ2) is 8.16. The molecule has 0 bridgehead atoms. The van der Waals surface area contributed by atoms with Gasteiger partial charge >= 0.3 is 0 Å². The molecule has 0 atom stereocenters. The maximum absolute atomic E-state index is 13.8. The zero-order valence-electron chi connectivity index (χ0n) is 15.2. The van der Waals surface area contributed by atoms with Gasteiger partial charge in [-0.1, -0.05) is 19.1 Å². The normalized spacial score (nSPS) is 14.8. The van der Waals surface area contributed by atoms with E-state index in [0.717, 1.165) is 12.8 Å². The largest absolute Gasteiger partial charge is 0.383 e. The first-order chi connectivity index (χ1) is 13.0. The lowest BCUT2D eigenvalue weighted by atomic mass is 10.0. The molecule has 1 aromatic heterocycles. The number of nitrogens with one attached hydrogen (secondary N) is 1. The molecule has 1 amide bonds. The van der Waals surface area contributed by atoms with E-state index in [2.05, 4.69) is 10.3 Å². The third kappa shape index (κ3) is 4.24. The molecule has 0 aliphatic carbocycles. The number of benzene rings is 1.